The van der Waals surface area contributed by atoms with Crippen LogP contribution in [0.2, 0.25) is 0 Å². The summed E-state index contributed by atoms with van der Waals surface area (Å²) in [6, 6.07) is 6.23. The predicted molar refractivity (Wildman–Crippen MR) is 60.4 cm³/mol. The topological polar surface area (TPSA) is 32.3 Å². The summed E-state index contributed by atoms with van der Waals surface area (Å²) < 4.78 is 0.761. The maximum absolute atomic E-state index is 9.56. The Morgan fingerprint density at radius 1 is 1.36 bits per heavy atom. The number of halogens is 1. The van der Waals surface area contributed by atoms with Crippen molar-refractivity contribution in [2.75, 3.05) is 6.54 Å². The molecule has 0 unspecified atom stereocenters. The summed E-state index contributed by atoms with van der Waals surface area (Å²) in [5.74, 6) is 0.329. The summed E-state index contributed by atoms with van der Waals surface area (Å²) in [7, 11) is 0. The molecule has 1 aromatic rings. The Bertz CT molecular complexity index is 321. The fourth-order valence-electron chi connectivity index (χ4n) is 1.88. The zero-order chi connectivity index (χ0) is 9.97. The number of piperidine rings is 1. The molecule has 0 aromatic heterocycles. The molecule has 76 valence electrons. The Morgan fingerprint density at radius 3 is 2.86 bits per heavy atom. The number of aromatic hydroxyl groups is 1. The van der Waals surface area contributed by atoms with Crippen molar-refractivity contribution in [3.8, 4) is 5.75 Å². The van der Waals surface area contributed by atoms with Crippen LogP contribution in [0.1, 0.15) is 30.9 Å². The molecule has 0 aliphatic carbocycles. The smallest absolute Gasteiger partial charge is 0.130 e. The molecule has 1 saturated heterocycles. The summed E-state index contributed by atoms with van der Waals surface area (Å²) in [6.45, 7) is 1.08. The largest absolute Gasteiger partial charge is 0.507 e. The summed E-state index contributed by atoms with van der Waals surface area (Å²) in [5.41, 5.74) is 1.19. The second kappa shape index (κ2) is 4.32. The molecule has 1 atom stereocenters. The second-order valence-electron chi connectivity index (χ2n) is 3.71. The van der Waals surface area contributed by atoms with E-state index in [2.05, 4.69) is 27.3 Å². The van der Waals surface area contributed by atoms with Gasteiger partial charge in [0.25, 0.3) is 0 Å². The van der Waals surface area contributed by atoms with Crippen LogP contribution in [0.4, 0.5) is 0 Å². The molecule has 1 aromatic carbocycles. The number of hydrogen-bond acceptors (Lipinski definition) is 2. The van der Waals surface area contributed by atoms with Gasteiger partial charge >= 0.3 is 0 Å². The van der Waals surface area contributed by atoms with Gasteiger partial charge in [-0.1, -0.05) is 12.5 Å². The van der Waals surface area contributed by atoms with E-state index >= 15 is 0 Å². The van der Waals surface area contributed by atoms with Gasteiger partial charge in [-0.25, -0.2) is 0 Å². The molecule has 0 radical (unpaired) electrons. The lowest BCUT2D eigenvalue weighted by molar-refractivity contribution is 0.409. The van der Waals surface area contributed by atoms with Gasteiger partial charge in [0.05, 0.1) is 4.47 Å². The van der Waals surface area contributed by atoms with E-state index in [9.17, 15) is 5.11 Å². The minimum absolute atomic E-state index is 0.329. The van der Waals surface area contributed by atoms with E-state index in [1.165, 1.54) is 24.8 Å². The van der Waals surface area contributed by atoms with E-state index in [1.807, 2.05) is 12.1 Å². The highest BCUT2D eigenvalue weighted by Crippen LogP contribution is 2.30. The van der Waals surface area contributed by atoms with Gasteiger partial charge in [0, 0.05) is 6.04 Å². The molecule has 1 fully saturated rings. The first kappa shape index (κ1) is 9.99. The van der Waals surface area contributed by atoms with Crippen molar-refractivity contribution >= 4 is 15.9 Å². The first-order valence-electron chi connectivity index (χ1n) is 4.99. The van der Waals surface area contributed by atoms with Crippen LogP contribution in [0.25, 0.3) is 0 Å². The van der Waals surface area contributed by atoms with E-state index < -0.39 is 0 Å². The van der Waals surface area contributed by atoms with Crippen LogP contribution in [0.3, 0.4) is 0 Å². The third kappa shape index (κ3) is 2.10. The molecule has 2 nitrogen and oxygen atoms in total. The van der Waals surface area contributed by atoms with Crippen molar-refractivity contribution in [3.05, 3.63) is 28.2 Å². The molecular formula is C11H14BrNO. The highest BCUT2D eigenvalue weighted by molar-refractivity contribution is 9.10. The van der Waals surface area contributed by atoms with Crippen LogP contribution in [0.15, 0.2) is 22.7 Å². The Balaban J connectivity index is 2.18. The molecular weight excluding hydrogens is 242 g/mol. The summed E-state index contributed by atoms with van der Waals surface area (Å²) >= 11 is 3.28. The van der Waals surface area contributed by atoms with Crippen molar-refractivity contribution in [1.82, 2.24) is 5.32 Å². The van der Waals surface area contributed by atoms with Crippen molar-refractivity contribution in [2.24, 2.45) is 0 Å². The molecule has 2 rings (SSSR count). The molecule has 1 heterocycles. The SMILES string of the molecule is Oc1cc([C@@H]2CCCCN2)ccc1Br. The molecule has 0 bridgehead atoms. The number of rotatable bonds is 1. The maximum Gasteiger partial charge on any atom is 0.130 e. The summed E-state index contributed by atoms with van der Waals surface area (Å²) in [5, 5.41) is 13.0. The lowest BCUT2D eigenvalue weighted by Crippen LogP contribution is -2.26. The van der Waals surface area contributed by atoms with Crippen LogP contribution in [-0.2, 0) is 0 Å². The normalized spacial score (nSPS) is 22.2. The highest BCUT2D eigenvalue weighted by Gasteiger charge is 2.15. The van der Waals surface area contributed by atoms with Gasteiger partial charge in [-0.05, 0) is 53.0 Å². The van der Waals surface area contributed by atoms with Crippen molar-refractivity contribution in [1.29, 1.82) is 0 Å². The average molecular weight is 256 g/mol. The first-order chi connectivity index (χ1) is 6.77. The lowest BCUT2D eigenvalue weighted by atomic mass is 9.97. The van der Waals surface area contributed by atoms with E-state index in [0.717, 1.165) is 11.0 Å². The average Bonchev–Trinajstić information content (AvgIpc) is 2.23. The maximum atomic E-state index is 9.56. The van der Waals surface area contributed by atoms with Gasteiger partial charge in [0.2, 0.25) is 0 Å². The number of nitrogens with one attached hydrogen (secondary N) is 1. The Morgan fingerprint density at radius 2 is 2.21 bits per heavy atom. The van der Waals surface area contributed by atoms with Crippen molar-refractivity contribution in [3.63, 3.8) is 0 Å². The van der Waals surface area contributed by atoms with Crippen LogP contribution < -0.4 is 5.32 Å². The predicted octanol–water partition coefficient (Wildman–Crippen LogP) is 2.97. The van der Waals surface area contributed by atoms with Gasteiger partial charge in [-0.3, -0.25) is 0 Å². The molecule has 0 spiro atoms. The molecule has 3 heteroatoms. The minimum Gasteiger partial charge on any atom is -0.507 e. The number of benzene rings is 1. The van der Waals surface area contributed by atoms with Gasteiger partial charge in [0.1, 0.15) is 5.75 Å². The molecule has 1 aliphatic heterocycles. The van der Waals surface area contributed by atoms with E-state index in [4.69, 9.17) is 0 Å². The van der Waals surface area contributed by atoms with Crippen molar-refractivity contribution < 1.29 is 5.11 Å². The fraction of sp³-hybridized carbons (Fsp3) is 0.455. The number of phenolic OH excluding ortho intramolecular Hbond substituents is 1. The van der Waals surface area contributed by atoms with E-state index in [0.29, 0.717) is 11.8 Å². The number of phenols is 1. The Labute approximate surface area is 92.5 Å². The third-order valence-corrected chi connectivity index (χ3v) is 3.35. The van der Waals surface area contributed by atoms with Crippen LogP contribution >= 0.6 is 15.9 Å². The van der Waals surface area contributed by atoms with Crippen LogP contribution in [0, 0.1) is 0 Å². The second-order valence-corrected chi connectivity index (χ2v) is 4.57. The zero-order valence-electron chi connectivity index (χ0n) is 7.96. The van der Waals surface area contributed by atoms with Gasteiger partial charge in [-0.2, -0.15) is 0 Å². The minimum atomic E-state index is 0.329. The zero-order valence-corrected chi connectivity index (χ0v) is 9.55. The molecule has 0 amide bonds. The Kier molecular flexibility index (Phi) is 3.08. The monoisotopic (exact) mass is 255 g/mol. The first-order valence-corrected chi connectivity index (χ1v) is 5.78. The lowest BCUT2D eigenvalue weighted by Gasteiger charge is -2.24. The standard InChI is InChI=1S/C11H14BrNO/c12-9-5-4-8(7-11(9)14)10-3-1-2-6-13-10/h4-5,7,10,13-14H,1-3,6H2/t10-/m0/s1. The van der Waals surface area contributed by atoms with E-state index in [1.54, 1.807) is 0 Å². The quantitative estimate of drug-likeness (QED) is 0.809. The molecule has 14 heavy (non-hydrogen) atoms. The van der Waals surface area contributed by atoms with Crippen LogP contribution in [-0.4, -0.2) is 11.7 Å². The summed E-state index contributed by atoms with van der Waals surface area (Å²) in [6.07, 6.45) is 3.70. The van der Waals surface area contributed by atoms with Gasteiger partial charge < -0.3 is 10.4 Å². The molecule has 2 N–H and O–H groups in total. The van der Waals surface area contributed by atoms with Crippen LogP contribution in [0.5, 0.6) is 5.75 Å². The summed E-state index contributed by atoms with van der Waals surface area (Å²) in [4.78, 5) is 0. The van der Waals surface area contributed by atoms with Gasteiger partial charge in [-0.15, -0.1) is 0 Å². The van der Waals surface area contributed by atoms with Gasteiger partial charge in [0.15, 0.2) is 0 Å². The molecule has 1 aliphatic rings. The highest BCUT2D eigenvalue weighted by atomic mass is 79.9. The van der Waals surface area contributed by atoms with Crippen molar-refractivity contribution in [2.45, 2.75) is 25.3 Å². The molecule has 0 saturated carbocycles. The Hall–Kier alpha value is -0.540. The number of hydrogen-bond donors (Lipinski definition) is 2. The fourth-order valence-corrected chi connectivity index (χ4v) is 2.13. The third-order valence-electron chi connectivity index (χ3n) is 2.68. The van der Waals surface area contributed by atoms with E-state index in [-0.39, 0.29) is 0 Å².